The lowest BCUT2D eigenvalue weighted by Gasteiger charge is -2.02. The third-order valence-corrected chi connectivity index (χ3v) is 3.42. The molecule has 0 aliphatic carbocycles. The second kappa shape index (κ2) is 4.20. The van der Waals surface area contributed by atoms with E-state index in [4.69, 9.17) is 12.2 Å². The van der Waals surface area contributed by atoms with Crippen LogP contribution in [-0.2, 0) is 0 Å². The number of H-pyrrole nitrogens is 3. The van der Waals surface area contributed by atoms with E-state index >= 15 is 0 Å². The van der Waals surface area contributed by atoms with Crippen LogP contribution in [0.1, 0.15) is 11.3 Å². The first-order valence-electron chi connectivity index (χ1n) is 5.98. The van der Waals surface area contributed by atoms with Crippen molar-refractivity contribution in [3.8, 4) is 11.1 Å². The Labute approximate surface area is 114 Å². The van der Waals surface area contributed by atoms with Crippen molar-refractivity contribution in [1.29, 1.82) is 0 Å². The van der Waals surface area contributed by atoms with E-state index in [2.05, 4.69) is 15.0 Å². The van der Waals surface area contributed by atoms with Gasteiger partial charge in [-0.3, -0.25) is 9.78 Å². The third-order valence-electron chi connectivity index (χ3n) is 3.22. The average molecular weight is 271 g/mol. The number of fused-ring (bicyclic) bond motifs is 1. The Morgan fingerprint density at radius 3 is 2.37 bits per heavy atom. The van der Waals surface area contributed by atoms with Gasteiger partial charge >= 0.3 is 0 Å². The smallest absolute Gasteiger partial charge is 0.261 e. The SMILES string of the molecule is Cc1ccc(-c2c(C)[nH]c3[nH]c(=S)[nH]c(=O)c23)cc1. The molecule has 96 valence electrons. The quantitative estimate of drug-likeness (QED) is 0.595. The van der Waals surface area contributed by atoms with Crippen LogP contribution in [0.2, 0.25) is 0 Å². The lowest BCUT2D eigenvalue weighted by Crippen LogP contribution is -2.07. The largest absolute Gasteiger partial charge is 0.344 e. The molecule has 0 radical (unpaired) electrons. The van der Waals surface area contributed by atoms with Crippen LogP contribution in [-0.4, -0.2) is 15.0 Å². The first-order valence-corrected chi connectivity index (χ1v) is 6.39. The molecule has 2 aromatic heterocycles. The normalized spacial score (nSPS) is 11.1. The Hall–Kier alpha value is -2.14. The van der Waals surface area contributed by atoms with Gasteiger partial charge in [-0.15, -0.1) is 0 Å². The van der Waals surface area contributed by atoms with Crippen molar-refractivity contribution >= 4 is 23.3 Å². The van der Waals surface area contributed by atoms with Gasteiger partial charge in [0.05, 0.1) is 5.39 Å². The van der Waals surface area contributed by atoms with Gasteiger partial charge in [0.25, 0.3) is 5.56 Å². The summed E-state index contributed by atoms with van der Waals surface area (Å²) >= 11 is 4.98. The minimum absolute atomic E-state index is 0.168. The monoisotopic (exact) mass is 271 g/mol. The minimum atomic E-state index is -0.168. The van der Waals surface area contributed by atoms with Crippen molar-refractivity contribution in [2.75, 3.05) is 0 Å². The zero-order chi connectivity index (χ0) is 13.6. The van der Waals surface area contributed by atoms with Gasteiger partial charge in [-0.2, -0.15) is 0 Å². The molecule has 2 heterocycles. The van der Waals surface area contributed by atoms with E-state index in [9.17, 15) is 4.79 Å². The van der Waals surface area contributed by atoms with Crippen molar-refractivity contribution in [2.24, 2.45) is 0 Å². The van der Waals surface area contributed by atoms with Crippen LogP contribution in [0.5, 0.6) is 0 Å². The summed E-state index contributed by atoms with van der Waals surface area (Å²) in [6, 6.07) is 8.11. The molecule has 0 unspecified atom stereocenters. The maximum Gasteiger partial charge on any atom is 0.261 e. The topological polar surface area (TPSA) is 64.4 Å². The van der Waals surface area contributed by atoms with Crippen LogP contribution in [0.15, 0.2) is 29.1 Å². The third kappa shape index (κ3) is 1.92. The highest BCUT2D eigenvalue weighted by atomic mass is 32.1. The average Bonchev–Trinajstić information content (AvgIpc) is 2.66. The van der Waals surface area contributed by atoms with E-state index in [1.54, 1.807) is 0 Å². The summed E-state index contributed by atoms with van der Waals surface area (Å²) in [6.45, 7) is 3.99. The number of aryl methyl sites for hydroxylation is 2. The molecule has 0 spiro atoms. The summed E-state index contributed by atoms with van der Waals surface area (Å²) in [7, 11) is 0. The van der Waals surface area contributed by atoms with Gasteiger partial charge in [-0.05, 0) is 31.6 Å². The zero-order valence-electron chi connectivity index (χ0n) is 10.6. The molecule has 0 fully saturated rings. The molecule has 19 heavy (non-hydrogen) atoms. The molecule has 0 saturated heterocycles. The van der Waals surface area contributed by atoms with E-state index in [1.807, 2.05) is 38.1 Å². The number of benzene rings is 1. The van der Waals surface area contributed by atoms with E-state index in [0.29, 0.717) is 15.8 Å². The Morgan fingerprint density at radius 1 is 1.00 bits per heavy atom. The number of nitrogens with one attached hydrogen (secondary N) is 3. The highest BCUT2D eigenvalue weighted by Gasteiger charge is 2.13. The number of rotatable bonds is 1. The van der Waals surface area contributed by atoms with Crippen LogP contribution in [0.25, 0.3) is 22.2 Å². The predicted octanol–water partition coefficient (Wildman–Crippen LogP) is 3.20. The van der Waals surface area contributed by atoms with E-state index in [0.717, 1.165) is 16.8 Å². The van der Waals surface area contributed by atoms with E-state index < -0.39 is 0 Å². The summed E-state index contributed by atoms with van der Waals surface area (Å²) in [5.41, 5.74) is 4.57. The number of aromatic amines is 3. The highest BCUT2D eigenvalue weighted by molar-refractivity contribution is 7.71. The molecule has 0 saturated carbocycles. The molecular formula is C14H13N3OS. The predicted molar refractivity (Wildman–Crippen MR) is 79.0 cm³/mol. The molecule has 0 amide bonds. The highest BCUT2D eigenvalue weighted by Crippen LogP contribution is 2.29. The summed E-state index contributed by atoms with van der Waals surface area (Å²) in [5.74, 6) is 0. The molecule has 0 aliphatic heterocycles. The van der Waals surface area contributed by atoms with Crippen molar-refractivity contribution in [3.05, 3.63) is 50.6 Å². The second-order valence-corrected chi connectivity index (χ2v) is 5.06. The van der Waals surface area contributed by atoms with Crippen molar-refractivity contribution in [3.63, 3.8) is 0 Å². The van der Waals surface area contributed by atoms with Crippen molar-refractivity contribution < 1.29 is 0 Å². The van der Waals surface area contributed by atoms with Crippen molar-refractivity contribution in [2.45, 2.75) is 13.8 Å². The van der Waals surface area contributed by atoms with Gasteiger partial charge in [0.15, 0.2) is 4.77 Å². The molecule has 5 heteroatoms. The molecule has 3 N–H and O–H groups in total. The standard InChI is InChI=1S/C14H13N3OS/c1-7-3-5-9(6-4-7)10-8(2)15-12-11(10)13(18)17-14(19)16-12/h3-6H,1-2H3,(H3,15,16,17,18,19). The first kappa shape index (κ1) is 11.9. The van der Waals surface area contributed by atoms with Crippen molar-refractivity contribution in [1.82, 2.24) is 15.0 Å². The summed E-state index contributed by atoms with van der Waals surface area (Å²) in [5, 5.41) is 0.620. The molecule has 3 rings (SSSR count). The van der Waals surface area contributed by atoms with Crippen LogP contribution in [0.4, 0.5) is 0 Å². The fourth-order valence-corrected chi connectivity index (χ4v) is 2.53. The second-order valence-electron chi connectivity index (χ2n) is 4.65. The lowest BCUT2D eigenvalue weighted by molar-refractivity contribution is 1.12. The maximum absolute atomic E-state index is 12.1. The van der Waals surface area contributed by atoms with Gasteiger partial charge < -0.3 is 9.97 Å². The van der Waals surface area contributed by atoms with Crippen LogP contribution >= 0.6 is 12.2 Å². The molecule has 0 bridgehead atoms. The molecule has 1 aromatic carbocycles. The van der Waals surface area contributed by atoms with Gasteiger partial charge in [0, 0.05) is 11.3 Å². The Balaban J connectivity index is 2.41. The number of hydrogen-bond donors (Lipinski definition) is 3. The van der Waals surface area contributed by atoms with Crippen LogP contribution in [0, 0.1) is 18.6 Å². The molecule has 3 aromatic rings. The minimum Gasteiger partial charge on any atom is -0.344 e. The van der Waals surface area contributed by atoms with Crippen LogP contribution in [0.3, 0.4) is 0 Å². The zero-order valence-corrected chi connectivity index (χ0v) is 11.4. The van der Waals surface area contributed by atoms with E-state index in [-0.39, 0.29) is 5.56 Å². The maximum atomic E-state index is 12.1. The van der Waals surface area contributed by atoms with E-state index in [1.165, 1.54) is 5.56 Å². The fourth-order valence-electron chi connectivity index (χ4n) is 2.34. The molecule has 4 nitrogen and oxygen atoms in total. The number of aromatic nitrogens is 3. The van der Waals surface area contributed by atoms with Gasteiger partial charge in [0.1, 0.15) is 5.65 Å². The molecule has 0 atom stereocenters. The Kier molecular flexibility index (Phi) is 2.64. The van der Waals surface area contributed by atoms with Gasteiger partial charge in [-0.25, -0.2) is 0 Å². The van der Waals surface area contributed by atoms with Gasteiger partial charge in [-0.1, -0.05) is 29.8 Å². The molecule has 0 aliphatic rings. The number of hydrogen-bond acceptors (Lipinski definition) is 2. The summed E-state index contributed by atoms with van der Waals surface area (Å²) in [4.78, 5) is 20.9. The summed E-state index contributed by atoms with van der Waals surface area (Å²) in [6.07, 6.45) is 0. The Bertz CT molecular complexity index is 868. The Morgan fingerprint density at radius 2 is 1.68 bits per heavy atom. The summed E-state index contributed by atoms with van der Waals surface area (Å²) < 4.78 is 0.328. The molecular weight excluding hydrogens is 258 g/mol. The van der Waals surface area contributed by atoms with Gasteiger partial charge in [0.2, 0.25) is 0 Å². The van der Waals surface area contributed by atoms with Crippen LogP contribution < -0.4 is 5.56 Å². The first-order chi connectivity index (χ1) is 9.06. The fraction of sp³-hybridized carbons (Fsp3) is 0.143. The lowest BCUT2D eigenvalue weighted by atomic mass is 10.0.